The molecule has 0 spiro atoms. The second kappa shape index (κ2) is 6.24. The molecule has 0 aromatic heterocycles. The van der Waals surface area contributed by atoms with Crippen LogP contribution in [0.1, 0.15) is 19.4 Å². The third-order valence-electron chi connectivity index (χ3n) is 3.92. The van der Waals surface area contributed by atoms with Crippen molar-refractivity contribution in [2.24, 2.45) is 4.99 Å². The van der Waals surface area contributed by atoms with Crippen LogP contribution in [-0.2, 0) is 16.4 Å². The van der Waals surface area contributed by atoms with Gasteiger partial charge in [-0.25, -0.2) is 12.8 Å². The van der Waals surface area contributed by atoms with E-state index in [9.17, 15) is 12.8 Å². The maximum atomic E-state index is 12.9. The lowest BCUT2D eigenvalue weighted by Gasteiger charge is -2.39. The van der Waals surface area contributed by atoms with Crippen molar-refractivity contribution in [3.8, 4) is 0 Å². The van der Waals surface area contributed by atoms with E-state index in [-0.39, 0.29) is 11.6 Å². The van der Waals surface area contributed by atoms with Gasteiger partial charge >= 0.3 is 0 Å². The van der Waals surface area contributed by atoms with Gasteiger partial charge in [0, 0.05) is 26.7 Å². The number of rotatable bonds is 2. The summed E-state index contributed by atoms with van der Waals surface area (Å²) < 4.78 is 36.2. The molecule has 1 N–H and O–H groups in total. The topological polar surface area (TPSA) is 61.8 Å². The van der Waals surface area contributed by atoms with Crippen molar-refractivity contribution < 1.29 is 12.8 Å². The van der Waals surface area contributed by atoms with Gasteiger partial charge in [0.25, 0.3) is 0 Å². The zero-order valence-corrected chi connectivity index (χ0v) is 14.0. The molecule has 22 heavy (non-hydrogen) atoms. The Morgan fingerprint density at radius 2 is 2.00 bits per heavy atom. The van der Waals surface area contributed by atoms with Crippen LogP contribution in [0.15, 0.2) is 29.3 Å². The summed E-state index contributed by atoms with van der Waals surface area (Å²) >= 11 is 0. The Morgan fingerprint density at radius 1 is 1.36 bits per heavy atom. The highest BCUT2D eigenvalue weighted by Gasteiger charge is 2.40. The third kappa shape index (κ3) is 3.58. The first kappa shape index (κ1) is 16.7. The molecule has 0 saturated carbocycles. The Balaban J connectivity index is 2.02. The molecule has 1 heterocycles. The molecule has 0 atom stereocenters. The number of halogens is 1. The Labute approximate surface area is 131 Å². The van der Waals surface area contributed by atoms with Crippen LogP contribution in [0.2, 0.25) is 0 Å². The number of nitrogens with one attached hydrogen (secondary N) is 1. The number of aliphatic imine (C=N–C) groups is 1. The van der Waals surface area contributed by atoms with Crippen molar-refractivity contribution in [3.63, 3.8) is 0 Å². The minimum Gasteiger partial charge on any atom is -0.352 e. The summed E-state index contributed by atoms with van der Waals surface area (Å²) in [5, 5.41) is 3.20. The lowest BCUT2D eigenvalue weighted by Crippen LogP contribution is -2.57. The van der Waals surface area contributed by atoms with Crippen LogP contribution < -0.4 is 5.32 Å². The number of nitrogens with zero attached hydrogens (tertiary/aromatic N) is 2. The second-order valence-electron chi connectivity index (χ2n) is 6.03. The van der Waals surface area contributed by atoms with Crippen molar-refractivity contribution >= 4 is 15.8 Å². The maximum Gasteiger partial charge on any atom is 0.193 e. The molecular formula is C15H22FN3O2S. The molecule has 2 rings (SSSR count). The van der Waals surface area contributed by atoms with E-state index in [2.05, 4.69) is 10.3 Å². The predicted octanol–water partition coefficient (Wildman–Crippen LogP) is 1.41. The van der Waals surface area contributed by atoms with Crippen molar-refractivity contribution in [3.05, 3.63) is 35.6 Å². The first-order valence-electron chi connectivity index (χ1n) is 7.17. The molecule has 5 nitrogen and oxygen atoms in total. The van der Waals surface area contributed by atoms with E-state index >= 15 is 0 Å². The fourth-order valence-corrected chi connectivity index (χ4v) is 3.81. The van der Waals surface area contributed by atoms with Gasteiger partial charge < -0.3 is 10.2 Å². The Kier molecular flexibility index (Phi) is 4.75. The highest BCUT2D eigenvalue weighted by molar-refractivity contribution is 7.92. The van der Waals surface area contributed by atoms with Crippen LogP contribution in [0.4, 0.5) is 4.39 Å². The lowest BCUT2D eigenvalue weighted by atomic mass is 10.2. The van der Waals surface area contributed by atoms with E-state index < -0.39 is 14.6 Å². The highest BCUT2D eigenvalue weighted by Crippen LogP contribution is 2.23. The maximum absolute atomic E-state index is 12.9. The Morgan fingerprint density at radius 3 is 2.55 bits per heavy atom. The molecule has 0 amide bonds. The highest BCUT2D eigenvalue weighted by atomic mass is 32.2. The van der Waals surface area contributed by atoms with Gasteiger partial charge in [0.2, 0.25) is 0 Å². The number of sulfone groups is 1. The van der Waals surface area contributed by atoms with Gasteiger partial charge in [-0.3, -0.25) is 4.99 Å². The molecule has 1 aliphatic heterocycles. The van der Waals surface area contributed by atoms with Gasteiger partial charge in [-0.2, -0.15) is 0 Å². The Hall–Kier alpha value is -1.63. The van der Waals surface area contributed by atoms with Gasteiger partial charge in [0.15, 0.2) is 15.8 Å². The zero-order chi connectivity index (χ0) is 16.4. The largest absolute Gasteiger partial charge is 0.352 e. The fourth-order valence-electron chi connectivity index (χ4n) is 2.44. The molecule has 1 aromatic rings. The molecule has 0 aliphatic carbocycles. The summed E-state index contributed by atoms with van der Waals surface area (Å²) in [5.74, 6) is 0.514. The number of guanidine groups is 1. The van der Waals surface area contributed by atoms with Gasteiger partial charge in [-0.1, -0.05) is 12.1 Å². The molecule has 0 radical (unpaired) electrons. The van der Waals surface area contributed by atoms with E-state index in [0.717, 1.165) is 5.56 Å². The number of benzene rings is 1. The normalized spacial score (nSPS) is 20.7. The first-order valence-corrected chi connectivity index (χ1v) is 8.83. The Bertz CT molecular complexity index is 654. The molecule has 0 bridgehead atoms. The monoisotopic (exact) mass is 327 g/mol. The average molecular weight is 327 g/mol. The minimum absolute atomic E-state index is 0.122. The molecular weight excluding hydrogens is 305 g/mol. The summed E-state index contributed by atoms with van der Waals surface area (Å²) in [4.78, 5) is 6.17. The molecule has 122 valence electrons. The molecule has 1 fully saturated rings. The standard InChI is InChI=1S/C15H22FN3O2S/c1-15(2)11-19(8-9-22(15,20)21)14(17-3)18-10-12-4-6-13(16)7-5-12/h4-7H,8-11H2,1-3H3,(H,17,18). The van der Waals surface area contributed by atoms with E-state index in [1.807, 2.05) is 4.90 Å². The summed E-state index contributed by atoms with van der Waals surface area (Å²) in [6, 6.07) is 6.24. The summed E-state index contributed by atoms with van der Waals surface area (Å²) in [6.07, 6.45) is 0. The smallest absolute Gasteiger partial charge is 0.193 e. The van der Waals surface area contributed by atoms with Gasteiger partial charge in [0.1, 0.15) is 5.82 Å². The van der Waals surface area contributed by atoms with E-state index in [4.69, 9.17) is 0 Å². The first-order chi connectivity index (χ1) is 10.2. The lowest BCUT2D eigenvalue weighted by molar-refractivity contribution is 0.353. The van der Waals surface area contributed by atoms with Crippen LogP contribution >= 0.6 is 0 Å². The van der Waals surface area contributed by atoms with E-state index in [1.54, 1.807) is 33.0 Å². The second-order valence-corrected chi connectivity index (χ2v) is 8.77. The van der Waals surface area contributed by atoms with E-state index in [0.29, 0.717) is 25.6 Å². The summed E-state index contributed by atoms with van der Waals surface area (Å²) in [6.45, 7) is 4.81. The quantitative estimate of drug-likeness (QED) is 0.659. The van der Waals surface area contributed by atoms with Crippen LogP contribution in [0.3, 0.4) is 0 Å². The predicted molar refractivity (Wildman–Crippen MR) is 86.0 cm³/mol. The number of hydrogen-bond acceptors (Lipinski definition) is 3. The van der Waals surface area contributed by atoms with E-state index in [1.165, 1.54) is 12.1 Å². The van der Waals surface area contributed by atoms with Crippen molar-refractivity contribution in [1.29, 1.82) is 0 Å². The van der Waals surface area contributed by atoms with Gasteiger partial charge in [0.05, 0.1) is 10.5 Å². The van der Waals surface area contributed by atoms with Crippen molar-refractivity contribution in [2.75, 3.05) is 25.9 Å². The summed E-state index contributed by atoms with van der Waals surface area (Å²) in [7, 11) is -1.40. The van der Waals surface area contributed by atoms with Crippen LogP contribution in [0.5, 0.6) is 0 Å². The summed E-state index contributed by atoms with van der Waals surface area (Å²) in [5.41, 5.74) is 0.937. The van der Waals surface area contributed by atoms with Gasteiger partial charge in [-0.05, 0) is 31.5 Å². The van der Waals surface area contributed by atoms with Crippen molar-refractivity contribution in [2.45, 2.75) is 25.1 Å². The van der Waals surface area contributed by atoms with Crippen molar-refractivity contribution in [1.82, 2.24) is 10.2 Å². The molecule has 1 aliphatic rings. The molecule has 1 saturated heterocycles. The average Bonchev–Trinajstić information content (AvgIpc) is 2.45. The SMILES string of the molecule is CN=C(NCc1ccc(F)cc1)N1CCS(=O)(=O)C(C)(C)C1. The zero-order valence-electron chi connectivity index (χ0n) is 13.1. The molecule has 1 aromatic carbocycles. The molecule has 7 heteroatoms. The third-order valence-corrected chi connectivity index (χ3v) is 6.45. The number of hydrogen-bond donors (Lipinski definition) is 1. The fraction of sp³-hybridized carbons (Fsp3) is 0.533. The molecule has 0 unspecified atom stereocenters. The van der Waals surface area contributed by atoms with Gasteiger partial charge in [-0.15, -0.1) is 0 Å². The van der Waals surface area contributed by atoms with Crippen LogP contribution in [0, 0.1) is 5.82 Å². The van der Waals surface area contributed by atoms with Crippen LogP contribution in [-0.4, -0.2) is 49.9 Å². The van der Waals surface area contributed by atoms with Crippen LogP contribution in [0.25, 0.3) is 0 Å². The minimum atomic E-state index is -3.07.